The van der Waals surface area contributed by atoms with Crippen molar-refractivity contribution < 1.29 is 4.39 Å². The molecule has 0 saturated heterocycles. The lowest BCUT2D eigenvalue weighted by atomic mass is 10.3. The first kappa shape index (κ1) is 13.9. The van der Waals surface area contributed by atoms with Crippen LogP contribution in [0.15, 0.2) is 36.7 Å². The van der Waals surface area contributed by atoms with Crippen molar-refractivity contribution in [2.24, 2.45) is 0 Å². The zero-order valence-corrected chi connectivity index (χ0v) is 12.1. The maximum Gasteiger partial charge on any atom is 0.229 e. The first-order valence-corrected chi connectivity index (χ1v) is 7.33. The molecule has 5 heteroatoms. The summed E-state index contributed by atoms with van der Waals surface area (Å²) in [4.78, 5) is 10.8. The average Bonchev–Trinajstić information content (AvgIpc) is 3.33. The van der Waals surface area contributed by atoms with Crippen molar-refractivity contribution in [3.05, 3.63) is 48.0 Å². The van der Waals surface area contributed by atoms with Crippen LogP contribution in [0.5, 0.6) is 0 Å². The van der Waals surface area contributed by atoms with E-state index in [2.05, 4.69) is 15.3 Å². The van der Waals surface area contributed by atoms with Gasteiger partial charge in [0.1, 0.15) is 5.82 Å². The van der Waals surface area contributed by atoms with Gasteiger partial charge in [0.05, 0.1) is 0 Å². The molecule has 2 aromatic rings. The molecule has 3 rings (SSSR count). The highest BCUT2D eigenvalue weighted by Crippen LogP contribution is 2.22. The van der Waals surface area contributed by atoms with Crippen LogP contribution >= 0.6 is 0 Å². The molecule has 1 saturated carbocycles. The first-order valence-electron chi connectivity index (χ1n) is 7.33. The van der Waals surface area contributed by atoms with Crippen molar-refractivity contribution >= 4 is 11.6 Å². The third kappa shape index (κ3) is 3.55. The van der Waals surface area contributed by atoms with Gasteiger partial charge in [-0.3, -0.25) is 0 Å². The number of hydrogen-bond donors (Lipinski definition) is 1. The van der Waals surface area contributed by atoms with Crippen LogP contribution in [0, 0.1) is 5.82 Å². The molecule has 0 atom stereocenters. The van der Waals surface area contributed by atoms with Gasteiger partial charge in [0, 0.05) is 42.8 Å². The number of aromatic nitrogens is 2. The van der Waals surface area contributed by atoms with E-state index in [0.717, 1.165) is 24.3 Å². The first-order chi connectivity index (χ1) is 10.3. The molecule has 1 aliphatic rings. The van der Waals surface area contributed by atoms with E-state index in [0.29, 0.717) is 12.0 Å². The van der Waals surface area contributed by atoms with Crippen LogP contribution in [-0.4, -0.2) is 22.6 Å². The summed E-state index contributed by atoms with van der Waals surface area (Å²) in [6.45, 7) is 3.56. The summed E-state index contributed by atoms with van der Waals surface area (Å²) < 4.78 is 13.0. The molecule has 1 aromatic carbocycles. The van der Waals surface area contributed by atoms with Gasteiger partial charge in [-0.2, -0.15) is 0 Å². The lowest BCUT2D eigenvalue weighted by molar-refractivity contribution is 0.627. The summed E-state index contributed by atoms with van der Waals surface area (Å²) in [5.41, 5.74) is 1.98. The summed E-state index contributed by atoms with van der Waals surface area (Å²) in [5, 5.41) is 3.44. The van der Waals surface area contributed by atoms with Crippen molar-refractivity contribution in [2.45, 2.75) is 32.4 Å². The minimum Gasteiger partial charge on any atom is -0.311 e. The lowest BCUT2D eigenvalue weighted by Gasteiger charge is -2.20. The van der Waals surface area contributed by atoms with Gasteiger partial charge >= 0.3 is 0 Å². The van der Waals surface area contributed by atoms with Gasteiger partial charge in [-0.15, -0.1) is 0 Å². The molecule has 110 valence electrons. The Morgan fingerprint density at radius 3 is 2.43 bits per heavy atom. The summed E-state index contributed by atoms with van der Waals surface area (Å²) in [5.74, 6) is 0.400. The Bertz CT molecular complexity index is 578. The van der Waals surface area contributed by atoms with Gasteiger partial charge < -0.3 is 10.2 Å². The van der Waals surface area contributed by atoms with Gasteiger partial charge in [-0.1, -0.05) is 0 Å². The van der Waals surface area contributed by atoms with Crippen molar-refractivity contribution in [3.63, 3.8) is 0 Å². The van der Waals surface area contributed by atoms with Crippen molar-refractivity contribution in [3.8, 4) is 0 Å². The average molecular weight is 286 g/mol. The molecule has 0 aliphatic heterocycles. The Morgan fingerprint density at radius 2 is 1.86 bits per heavy atom. The molecule has 0 bridgehead atoms. The quantitative estimate of drug-likeness (QED) is 0.886. The second-order valence-corrected chi connectivity index (χ2v) is 5.27. The highest BCUT2D eigenvalue weighted by atomic mass is 19.1. The number of nitrogens with zero attached hydrogens (tertiary/aromatic N) is 3. The summed E-state index contributed by atoms with van der Waals surface area (Å²) in [6.07, 6.45) is 6.24. The monoisotopic (exact) mass is 286 g/mol. The lowest BCUT2D eigenvalue weighted by Crippen LogP contribution is -2.20. The Morgan fingerprint density at radius 1 is 1.19 bits per heavy atom. The van der Waals surface area contributed by atoms with Crippen molar-refractivity contribution in [1.29, 1.82) is 0 Å². The Labute approximate surface area is 124 Å². The number of nitrogens with one attached hydrogen (secondary N) is 1. The number of rotatable bonds is 6. The largest absolute Gasteiger partial charge is 0.311 e. The van der Waals surface area contributed by atoms with Gasteiger partial charge in [0.2, 0.25) is 5.95 Å². The Hall–Kier alpha value is -2.01. The van der Waals surface area contributed by atoms with E-state index in [1.807, 2.05) is 24.2 Å². The predicted molar refractivity (Wildman–Crippen MR) is 81.0 cm³/mol. The second-order valence-electron chi connectivity index (χ2n) is 5.27. The van der Waals surface area contributed by atoms with E-state index in [1.165, 1.54) is 25.0 Å². The topological polar surface area (TPSA) is 41.1 Å². The Kier molecular flexibility index (Phi) is 4.10. The minimum atomic E-state index is -0.239. The van der Waals surface area contributed by atoms with Crippen LogP contribution in [0.4, 0.5) is 16.0 Å². The molecule has 0 unspecified atom stereocenters. The summed E-state index contributed by atoms with van der Waals surface area (Å²) in [6, 6.07) is 7.06. The molecule has 1 N–H and O–H groups in total. The van der Waals surface area contributed by atoms with E-state index < -0.39 is 0 Å². The number of benzene rings is 1. The fourth-order valence-electron chi connectivity index (χ4n) is 2.19. The Balaban J connectivity index is 1.72. The normalized spacial score (nSPS) is 14.2. The van der Waals surface area contributed by atoms with Crippen LogP contribution in [0.3, 0.4) is 0 Å². The standard InChI is InChI=1S/C16H19FN4/c1-2-21(15-7-3-13(17)4-8-15)16-19-10-12(11-20-16)9-18-14-5-6-14/h3-4,7-8,10-11,14,18H,2,5-6,9H2,1H3. The highest BCUT2D eigenvalue weighted by Gasteiger charge is 2.20. The third-order valence-electron chi connectivity index (χ3n) is 3.56. The summed E-state index contributed by atoms with van der Waals surface area (Å²) in [7, 11) is 0. The van der Waals surface area contributed by atoms with Crippen molar-refractivity contribution in [1.82, 2.24) is 15.3 Å². The predicted octanol–water partition coefficient (Wildman–Crippen LogP) is 3.03. The van der Waals surface area contributed by atoms with E-state index >= 15 is 0 Å². The van der Waals surface area contributed by atoms with E-state index in [-0.39, 0.29) is 5.82 Å². The van der Waals surface area contributed by atoms with Crippen LogP contribution in [0.2, 0.25) is 0 Å². The molecule has 1 heterocycles. The zero-order chi connectivity index (χ0) is 14.7. The molecular weight excluding hydrogens is 267 g/mol. The fraction of sp³-hybridized carbons (Fsp3) is 0.375. The number of anilines is 2. The zero-order valence-electron chi connectivity index (χ0n) is 12.1. The molecule has 21 heavy (non-hydrogen) atoms. The van der Waals surface area contributed by atoms with Gasteiger partial charge in [0.25, 0.3) is 0 Å². The second kappa shape index (κ2) is 6.18. The molecule has 0 radical (unpaired) electrons. The SMILES string of the molecule is CCN(c1ccc(F)cc1)c1ncc(CNC2CC2)cn1. The summed E-state index contributed by atoms with van der Waals surface area (Å²) >= 11 is 0. The molecule has 0 spiro atoms. The molecule has 4 nitrogen and oxygen atoms in total. The molecule has 0 amide bonds. The minimum absolute atomic E-state index is 0.239. The van der Waals surface area contributed by atoms with Gasteiger partial charge in [-0.25, -0.2) is 14.4 Å². The van der Waals surface area contributed by atoms with Crippen molar-refractivity contribution in [2.75, 3.05) is 11.4 Å². The molecule has 1 fully saturated rings. The van der Waals surface area contributed by atoms with Gasteiger partial charge in [-0.05, 0) is 44.0 Å². The van der Waals surface area contributed by atoms with Crippen LogP contribution in [0.25, 0.3) is 0 Å². The third-order valence-corrected chi connectivity index (χ3v) is 3.56. The molecule has 1 aromatic heterocycles. The van der Waals surface area contributed by atoms with E-state index in [4.69, 9.17) is 0 Å². The van der Waals surface area contributed by atoms with Crippen LogP contribution in [-0.2, 0) is 6.54 Å². The van der Waals surface area contributed by atoms with E-state index in [1.54, 1.807) is 12.1 Å². The smallest absolute Gasteiger partial charge is 0.229 e. The van der Waals surface area contributed by atoms with Crippen LogP contribution in [0.1, 0.15) is 25.3 Å². The highest BCUT2D eigenvalue weighted by molar-refractivity contribution is 5.56. The maximum absolute atomic E-state index is 13.0. The molecular formula is C16H19FN4. The fourth-order valence-corrected chi connectivity index (χ4v) is 2.19. The number of halogens is 1. The maximum atomic E-state index is 13.0. The van der Waals surface area contributed by atoms with Gasteiger partial charge in [0.15, 0.2) is 0 Å². The molecule has 1 aliphatic carbocycles. The van der Waals surface area contributed by atoms with E-state index in [9.17, 15) is 4.39 Å². The van der Waals surface area contributed by atoms with Crippen LogP contribution < -0.4 is 10.2 Å². The number of hydrogen-bond acceptors (Lipinski definition) is 4.